The lowest BCUT2D eigenvalue weighted by atomic mass is 9.95. The maximum atomic E-state index is 14.6. The van der Waals surface area contributed by atoms with Crippen molar-refractivity contribution in [3.05, 3.63) is 52.3 Å². The summed E-state index contributed by atoms with van der Waals surface area (Å²) >= 11 is 5.86. The van der Waals surface area contributed by atoms with Crippen LogP contribution in [0.25, 0.3) is 0 Å². The number of carbonyl (C=O) groups is 1. The van der Waals surface area contributed by atoms with Crippen molar-refractivity contribution in [1.82, 2.24) is 9.97 Å². The summed E-state index contributed by atoms with van der Waals surface area (Å²) < 4.78 is 39.1. The summed E-state index contributed by atoms with van der Waals surface area (Å²) in [5.41, 5.74) is 5.34. The number of aliphatic imine (C=N–C) groups is 1. The number of nitrogens with one attached hydrogen (secondary N) is 1. The minimum Gasteiger partial charge on any atom is -0.386 e. The fourth-order valence-corrected chi connectivity index (χ4v) is 6.29. The Morgan fingerprint density at radius 2 is 1.97 bits per heavy atom. The molecule has 0 bridgehead atoms. The third kappa shape index (κ3) is 3.24. The van der Waals surface area contributed by atoms with Crippen LogP contribution in [0.3, 0.4) is 0 Å². The zero-order chi connectivity index (χ0) is 21.9. The molecule has 1 amide bonds. The summed E-state index contributed by atoms with van der Waals surface area (Å²) in [7, 11) is -3.62. The van der Waals surface area contributed by atoms with Gasteiger partial charge in [-0.05, 0) is 44.4 Å². The van der Waals surface area contributed by atoms with Crippen molar-refractivity contribution in [2.75, 3.05) is 11.1 Å². The Labute approximate surface area is 177 Å². The highest BCUT2D eigenvalue weighted by molar-refractivity contribution is 7.94. The number of hydrogen-bond donors (Lipinski definition) is 2. The van der Waals surface area contributed by atoms with E-state index in [4.69, 9.17) is 17.3 Å². The quantitative estimate of drug-likeness (QED) is 0.689. The van der Waals surface area contributed by atoms with Gasteiger partial charge >= 0.3 is 0 Å². The SMILES string of the molecule is Cc1cc(Cl)cnc1C(=O)Nc1cnc(F)c([C@]2(C)CS(=O)(=O)C3(CC3)C(N)=N2)c1. The van der Waals surface area contributed by atoms with Gasteiger partial charge in [-0.15, -0.1) is 0 Å². The third-order valence-electron chi connectivity index (χ3n) is 5.54. The van der Waals surface area contributed by atoms with Gasteiger partial charge in [-0.25, -0.2) is 18.4 Å². The van der Waals surface area contributed by atoms with E-state index in [2.05, 4.69) is 20.3 Å². The van der Waals surface area contributed by atoms with Crippen molar-refractivity contribution in [2.45, 2.75) is 37.0 Å². The number of halogens is 2. The molecule has 2 aromatic heterocycles. The average Bonchev–Trinajstić information content (AvgIpc) is 3.44. The van der Waals surface area contributed by atoms with Crippen LogP contribution >= 0.6 is 11.6 Å². The van der Waals surface area contributed by atoms with Crippen LogP contribution in [0, 0.1) is 12.9 Å². The summed E-state index contributed by atoms with van der Waals surface area (Å²) in [5.74, 6) is -1.82. The highest BCUT2D eigenvalue weighted by Gasteiger charge is 2.62. The van der Waals surface area contributed by atoms with Crippen molar-refractivity contribution < 1.29 is 17.6 Å². The van der Waals surface area contributed by atoms with E-state index < -0.39 is 37.7 Å². The predicted molar refractivity (Wildman–Crippen MR) is 111 cm³/mol. The Morgan fingerprint density at radius 3 is 2.57 bits per heavy atom. The molecule has 1 spiro atoms. The summed E-state index contributed by atoms with van der Waals surface area (Å²) in [4.78, 5) is 24.6. The zero-order valence-electron chi connectivity index (χ0n) is 16.2. The van der Waals surface area contributed by atoms with Crippen molar-refractivity contribution in [3.63, 3.8) is 0 Å². The van der Waals surface area contributed by atoms with E-state index in [1.54, 1.807) is 13.0 Å². The lowest BCUT2D eigenvalue weighted by molar-refractivity contribution is 0.102. The van der Waals surface area contributed by atoms with Crippen molar-refractivity contribution in [1.29, 1.82) is 0 Å². The molecule has 158 valence electrons. The van der Waals surface area contributed by atoms with Crippen LogP contribution in [0.4, 0.5) is 10.1 Å². The number of anilines is 1. The normalized spacial score (nSPS) is 23.7. The first kappa shape index (κ1) is 20.7. The summed E-state index contributed by atoms with van der Waals surface area (Å²) in [6, 6.07) is 2.92. The van der Waals surface area contributed by atoms with Gasteiger partial charge in [0, 0.05) is 11.8 Å². The number of aryl methyl sites for hydroxylation is 1. The van der Waals surface area contributed by atoms with E-state index in [-0.39, 0.29) is 22.8 Å². The van der Waals surface area contributed by atoms with Gasteiger partial charge in [0.2, 0.25) is 5.95 Å². The molecular formula is C19H19ClFN5O3S. The summed E-state index contributed by atoms with van der Waals surface area (Å²) in [5, 5.41) is 2.99. The third-order valence-corrected chi connectivity index (χ3v) is 8.50. The van der Waals surface area contributed by atoms with Crippen LogP contribution < -0.4 is 11.1 Å². The van der Waals surface area contributed by atoms with Gasteiger partial charge in [-0.3, -0.25) is 9.79 Å². The number of sulfone groups is 1. The van der Waals surface area contributed by atoms with Crippen molar-refractivity contribution in [3.8, 4) is 0 Å². The zero-order valence-corrected chi connectivity index (χ0v) is 17.8. The van der Waals surface area contributed by atoms with Gasteiger partial charge in [-0.1, -0.05) is 11.6 Å². The smallest absolute Gasteiger partial charge is 0.274 e. The van der Waals surface area contributed by atoms with Gasteiger partial charge < -0.3 is 11.1 Å². The maximum Gasteiger partial charge on any atom is 0.274 e. The van der Waals surface area contributed by atoms with Crippen LogP contribution in [-0.4, -0.2) is 40.6 Å². The molecule has 30 heavy (non-hydrogen) atoms. The number of aromatic nitrogens is 2. The lowest BCUT2D eigenvalue weighted by Gasteiger charge is -2.34. The summed E-state index contributed by atoms with van der Waals surface area (Å²) in [6.07, 6.45) is 3.32. The van der Waals surface area contributed by atoms with E-state index in [0.717, 1.165) is 6.20 Å². The number of amidine groups is 1. The highest BCUT2D eigenvalue weighted by Crippen LogP contribution is 2.50. The fourth-order valence-electron chi connectivity index (χ4n) is 3.75. The molecule has 0 radical (unpaired) electrons. The number of rotatable bonds is 3. The minimum atomic E-state index is -3.62. The van der Waals surface area contributed by atoms with Gasteiger partial charge in [0.15, 0.2) is 9.84 Å². The molecule has 1 aliphatic heterocycles. The number of nitrogens with zero attached hydrogens (tertiary/aromatic N) is 3. The first-order valence-corrected chi connectivity index (χ1v) is 11.2. The van der Waals surface area contributed by atoms with Crippen LogP contribution in [0.1, 0.15) is 41.4 Å². The van der Waals surface area contributed by atoms with E-state index in [0.29, 0.717) is 23.4 Å². The molecule has 0 saturated heterocycles. The van der Waals surface area contributed by atoms with Crippen molar-refractivity contribution in [2.24, 2.45) is 10.7 Å². The summed E-state index contributed by atoms with van der Waals surface area (Å²) in [6.45, 7) is 3.17. The van der Waals surface area contributed by atoms with Gasteiger partial charge in [0.1, 0.15) is 21.8 Å². The Kier molecular flexibility index (Phi) is 4.62. The van der Waals surface area contributed by atoms with Crippen LogP contribution in [0.2, 0.25) is 5.02 Å². The highest BCUT2D eigenvalue weighted by atomic mass is 35.5. The second-order valence-electron chi connectivity index (χ2n) is 7.86. The van der Waals surface area contributed by atoms with Crippen LogP contribution in [0.15, 0.2) is 29.5 Å². The molecule has 8 nitrogen and oxygen atoms in total. The molecule has 2 aliphatic rings. The Hall–Kier alpha value is -2.59. The second kappa shape index (κ2) is 6.71. The van der Waals surface area contributed by atoms with Gasteiger partial charge in [-0.2, -0.15) is 4.39 Å². The molecule has 3 N–H and O–H groups in total. The molecular weight excluding hydrogens is 433 g/mol. The number of nitrogens with two attached hydrogens (primary N) is 1. The number of carbonyl (C=O) groups excluding carboxylic acids is 1. The Morgan fingerprint density at radius 1 is 1.27 bits per heavy atom. The molecule has 0 aromatic carbocycles. The van der Waals surface area contributed by atoms with E-state index >= 15 is 0 Å². The number of amides is 1. The van der Waals surface area contributed by atoms with Crippen LogP contribution in [0.5, 0.6) is 0 Å². The predicted octanol–water partition coefficient (Wildman–Crippen LogP) is 2.36. The minimum absolute atomic E-state index is 0.00826. The Bertz CT molecular complexity index is 1210. The molecule has 1 aliphatic carbocycles. The van der Waals surface area contributed by atoms with Crippen molar-refractivity contribution >= 4 is 38.9 Å². The molecule has 0 unspecified atom stereocenters. The fraction of sp³-hybridized carbons (Fsp3) is 0.368. The monoisotopic (exact) mass is 451 g/mol. The largest absolute Gasteiger partial charge is 0.386 e. The molecule has 3 heterocycles. The second-order valence-corrected chi connectivity index (χ2v) is 10.6. The number of pyridine rings is 2. The van der Waals surface area contributed by atoms with E-state index in [9.17, 15) is 17.6 Å². The van der Waals surface area contributed by atoms with E-state index in [1.807, 2.05) is 0 Å². The first-order chi connectivity index (χ1) is 14.0. The standard InChI is InChI=1S/C19H19ClFN5O3S/c1-10-5-11(20)7-23-14(10)16(27)25-12-6-13(15(21)24-8-12)18(2)9-30(28,29)19(3-4-19)17(22)26-18/h5-8H,3-4,9H2,1-2H3,(H2,22,26)(H,25,27)/t18-/m0/s1. The molecule has 1 saturated carbocycles. The molecule has 4 rings (SSSR count). The topological polar surface area (TPSA) is 127 Å². The molecule has 1 fully saturated rings. The molecule has 11 heteroatoms. The molecule has 2 aromatic rings. The van der Waals surface area contributed by atoms with Gasteiger partial charge in [0.25, 0.3) is 5.91 Å². The lowest BCUT2D eigenvalue weighted by Crippen LogP contribution is -2.50. The van der Waals surface area contributed by atoms with Gasteiger partial charge in [0.05, 0.1) is 22.7 Å². The average molecular weight is 452 g/mol. The number of hydrogen-bond acceptors (Lipinski definition) is 7. The van der Waals surface area contributed by atoms with Crippen LogP contribution in [-0.2, 0) is 15.4 Å². The first-order valence-electron chi connectivity index (χ1n) is 9.15. The Balaban J connectivity index is 1.69. The van der Waals surface area contributed by atoms with E-state index in [1.165, 1.54) is 19.2 Å². The maximum absolute atomic E-state index is 14.6. The molecule has 1 atom stereocenters.